The van der Waals surface area contributed by atoms with Crippen molar-refractivity contribution >= 4 is 23.4 Å². The Morgan fingerprint density at radius 2 is 2.32 bits per heavy atom. The van der Waals surface area contributed by atoms with Gasteiger partial charge in [-0.25, -0.2) is 0 Å². The molecule has 1 aliphatic heterocycles. The van der Waals surface area contributed by atoms with Gasteiger partial charge in [0.15, 0.2) is 5.50 Å². The highest BCUT2D eigenvalue weighted by Crippen LogP contribution is 2.43. The van der Waals surface area contributed by atoms with E-state index in [9.17, 15) is 4.79 Å². The van der Waals surface area contributed by atoms with Gasteiger partial charge in [-0.05, 0) is 18.6 Å². The summed E-state index contributed by atoms with van der Waals surface area (Å²) in [7, 11) is 0. The van der Waals surface area contributed by atoms with Gasteiger partial charge in [0.2, 0.25) is 5.91 Å². The lowest BCUT2D eigenvalue weighted by Crippen LogP contribution is -2.34. The number of hydrogen-bond donors (Lipinski definition) is 2. The van der Waals surface area contributed by atoms with Crippen LogP contribution in [0.25, 0.3) is 0 Å². The highest BCUT2D eigenvalue weighted by atomic mass is 32.2. The summed E-state index contributed by atoms with van der Waals surface area (Å²) in [5.41, 5.74) is 0.885. The first kappa shape index (κ1) is 14.1. The number of amides is 1. The lowest BCUT2D eigenvalue weighted by molar-refractivity contribution is -0.119. The highest BCUT2D eigenvalue weighted by Gasteiger charge is 2.24. The van der Waals surface area contributed by atoms with E-state index in [1.165, 1.54) is 19.8 Å². The third-order valence-corrected chi connectivity index (χ3v) is 3.91. The van der Waals surface area contributed by atoms with Crippen molar-refractivity contribution in [2.45, 2.75) is 43.5 Å². The molecule has 0 radical (unpaired) electrons. The molecule has 0 fully saturated rings. The van der Waals surface area contributed by atoms with Gasteiger partial charge < -0.3 is 15.4 Å². The van der Waals surface area contributed by atoms with Crippen molar-refractivity contribution in [1.82, 2.24) is 5.32 Å². The van der Waals surface area contributed by atoms with Crippen LogP contribution in [0.15, 0.2) is 23.1 Å². The van der Waals surface area contributed by atoms with Crippen LogP contribution in [0.3, 0.4) is 0 Å². The van der Waals surface area contributed by atoms with Crippen LogP contribution < -0.4 is 15.4 Å². The van der Waals surface area contributed by atoms with Gasteiger partial charge in [-0.1, -0.05) is 37.6 Å². The maximum atomic E-state index is 11.1. The molecule has 0 aromatic heterocycles. The fraction of sp³-hybridized carbons (Fsp3) is 0.500. The second-order valence-corrected chi connectivity index (χ2v) is 5.67. The molecule has 0 spiro atoms. The number of carbonyl (C=O) groups is 1. The number of carbonyl (C=O) groups excluding carboxylic acids is 1. The monoisotopic (exact) mass is 280 g/mol. The van der Waals surface area contributed by atoms with Crippen LogP contribution in [-0.2, 0) is 4.79 Å². The number of benzene rings is 1. The van der Waals surface area contributed by atoms with Crippen LogP contribution in [-0.4, -0.2) is 18.0 Å². The zero-order valence-corrected chi connectivity index (χ0v) is 12.2. The maximum absolute atomic E-state index is 11.1. The zero-order valence-electron chi connectivity index (χ0n) is 11.4. The first-order valence-electron chi connectivity index (χ1n) is 6.67. The van der Waals surface area contributed by atoms with E-state index in [0.29, 0.717) is 0 Å². The number of anilines is 1. The molecule has 0 aliphatic carbocycles. The Morgan fingerprint density at radius 3 is 3.05 bits per heavy atom. The third-order valence-electron chi connectivity index (χ3n) is 2.85. The lowest BCUT2D eigenvalue weighted by Gasteiger charge is -2.13. The Kier molecular flexibility index (Phi) is 4.96. The number of thioether (sulfide) groups is 1. The molecule has 19 heavy (non-hydrogen) atoms. The molecule has 1 amide bonds. The van der Waals surface area contributed by atoms with E-state index in [-0.39, 0.29) is 11.4 Å². The Morgan fingerprint density at radius 1 is 1.47 bits per heavy atom. The smallest absolute Gasteiger partial charge is 0.219 e. The fourth-order valence-electron chi connectivity index (χ4n) is 1.94. The highest BCUT2D eigenvalue weighted by molar-refractivity contribution is 8.00. The van der Waals surface area contributed by atoms with E-state index < -0.39 is 0 Å². The summed E-state index contributed by atoms with van der Waals surface area (Å²) in [6.45, 7) is 4.44. The number of ether oxygens (including phenoxy) is 1. The average Bonchev–Trinajstić information content (AvgIpc) is 2.76. The SMILES string of the molecule is CCCCCOc1cccc2c1NC(NC(C)=O)S2. The molecule has 1 atom stereocenters. The minimum Gasteiger partial charge on any atom is -0.491 e. The maximum Gasteiger partial charge on any atom is 0.219 e. The van der Waals surface area contributed by atoms with E-state index in [4.69, 9.17) is 4.74 Å². The van der Waals surface area contributed by atoms with Crippen molar-refractivity contribution < 1.29 is 9.53 Å². The Labute approximate surface area is 118 Å². The zero-order chi connectivity index (χ0) is 13.7. The second-order valence-electron chi connectivity index (χ2n) is 4.53. The number of fused-ring (bicyclic) bond motifs is 1. The summed E-state index contributed by atoms with van der Waals surface area (Å²) in [4.78, 5) is 12.2. The number of nitrogens with one attached hydrogen (secondary N) is 2. The summed E-state index contributed by atoms with van der Waals surface area (Å²) in [5, 5.41) is 6.13. The predicted molar refractivity (Wildman–Crippen MR) is 78.5 cm³/mol. The Balaban J connectivity index is 1.97. The molecular formula is C14H20N2O2S. The summed E-state index contributed by atoms with van der Waals surface area (Å²) >= 11 is 1.60. The standard InChI is InChI=1S/C14H20N2O2S/c1-3-4-5-9-18-11-7-6-8-12-13(11)16-14(19-12)15-10(2)17/h6-8,14,16H,3-5,9H2,1-2H3,(H,15,17). The first-order chi connectivity index (χ1) is 9.20. The topological polar surface area (TPSA) is 50.4 Å². The summed E-state index contributed by atoms with van der Waals surface area (Å²) in [6.07, 6.45) is 3.45. The largest absolute Gasteiger partial charge is 0.491 e. The van der Waals surface area contributed by atoms with Gasteiger partial charge in [-0.2, -0.15) is 0 Å². The van der Waals surface area contributed by atoms with Crippen LogP contribution in [0.4, 0.5) is 5.69 Å². The quantitative estimate of drug-likeness (QED) is 0.786. The van der Waals surface area contributed by atoms with Gasteiger partial charge in [0, 0.05) is 11.8 Å². The number of rotatable bonds is 6. The molecule has 0 saturated carbocycles. The molecule has 104 valence electrons. The average molecular weight is 280 g/mol. The molecule has 4 nitrogen and oxygen atoms in total. The first-order valence-corrected chi connectivity index (χ1v) is 7.54. The molecule has 1 unspecified atom stereocenters. The molecule has 2 rings (SSSR count). The van der Waals surface area contributed by atoms with Gasteiger partial charge in [-0.3, -0.25) is 4.79 Å². The van der Waals surface area contributed by atoms with Gasteiger partial charge in [0.25, 0.3) is 0 Å². The fourth-order valence-corrected chi connectivity index (χ4v) is 3.03. The van der Waals surface area contributed by atoms with Gasteiger partial charge in [0.05, 0.1) is 12.3 Å². The molecule has 1 heterocycles. The number of unbranched alkanes of at least 4 members (excludes halogenated alkanes) is 2. The van der Waals surface area contributed by atoms with E-state index in [2.05, 4.69) is 17.6 Å². The van der Waals surface area contributed by atoms with Crippen LogP contribution >= 0.6 is 11.8 Å². The summed E-state index contributed by atoms with van der Waals surface area (Å²) in [5.74, 6) is 0.831. The summed E-state index contributed by atoms with van der Waals surface area (Å²) < 4.78 is 5.82. The van der Waals surface area contributed by atoms with Crippen LogP contribution in [0, 0.1) is 0 Å². The van der Waals surface area contributed by atoms with E-state index >= 15 is 0 Å². The molecule has 1 aromatic rings. The molecule has 2 N–H and O–H groups in total. The van der Waals surface area contributed by atoms with Crippen molar-refractivity contribution in [1.29, 1.82) is 0 Å². The van der Waals surface area contributed by atoms with Crippen LogP contribution in [0.5, 0.6) is 5.75 Å². The van der Waals surface area contributed by atoms with Crippen molar-refractivity contribution in [3.8, 4) is 5.75 Å². The minimum absolute atomic E-state index is 0.0387. The van der Waals surface area contributed by atoms with E-state index in [1.54, 1.807) is 11.8 Å². The van der Waals surface area contributed by atoms with E-state index in [1.807, 2.05) is 18.2 Å². The number of para-hydroxylation sites is 1. The van der Waals surface area contributed by atoms with Crippen LogP contribution in [0.1, 0.15) is 33.1 Å². The molecule has 0 saturated heterocycles. The Hall–Kier alpha value is -1.36. The molecular weight excluding hydrogens is 260 g/mol. The summed E-state index contributed by atoms with van der Waals surface area (Å²) in [6, 6.07) is 5.99. The predicted octanol–water partition coefficient (Wildman–Crippen LogP) is 3.19. The molecule has 1 aliphatic rings. The van der Waals surface area contributed by atoms with Gasteiger partial charge in [0.1, 0.15) is 5.75 Å². The van der Waals surface area contributed by atoms with Crippen molar-refractivity contribution in [2.75, 3.05) is 11.9 Å². The van der Waals surface area contributed by atoms with Crippen molar-refractivity contribution in [3.63, 3.8) is 0 Å². The third kappa shape index (κ3) is 3.80. The van der Waals surface area contributed by atoms with Crippen LogP contribution in [0.2, 0.25) is 0 Å². The normalized spacial score (nSPS) is 16.6. The van der Waals surface area contributed by atoms with Crippen molar-refractivity contribution in [2.24, 2.45) is 0 Å². The van der Waals surface area contributed by atoms with E-state index in [0.717, 1.165) is 29.4 Å². The number of hydrogen-bond acceptors (Lipinski definition) is 4. The van der Waals surface area contributed by atoms with Gasteiger partial charge in [-0.15, -0.1) is 0 Å². The van der Waals surface area contributed by atoms with Crippen molar-refractivity contribution in [3.05, 3.63) is 18.2 Å². The van der Waals surface area contributed by atoms with Gasteiger partial charge >= 0.3 is 0 Å². The second kappa shape index (κ2) is 6.70. The minimum atomic E-state index is -0.104. The molecule has 5 heteroatoms. The molecule has 1 aromatic carbocycles. The molecule has 0 bridgehead atoms. The lowest BCUT2D eigenvalue weighted by atomic mass is 10.2. The Bertz CT molecular complexity index is 451.